The van der Waals surface area contributed by atoms with E-state index in [0.717, 1.165) is 0 Å². The topological polar surface area (TPSA) is 64.5 Å². The van der Waals surface area contributed by atoms with Crippen molar-refractivity contribution in [1.82, 2.24) is 4.90 Å². The molecule has 4 nitrogen and oxygen atoms in total. The van der Waals surface area contributed by atoms with Crippen molar-refractivity contribution in [3.8, 4) is 0 Å². The molecule has 0 aliphatic carbocycles. The van der Waals surface area contributed by atoms with Gasteiger partial charge in [-0.15, -0.1) is 0 Å². The Bertz CT molecular complexity index is 215. The Morgan fingerprint density at radius 1 is 1.58 bits per heavy atom. The summed E-state index contributed by atoms with van der Waals surface area (Å²) in [5.74, 6) is 0.384. The van der Waals surface area contributed by atoms with Gasteiger partial charge in [-0.2, -0.15) is 0 Å². The Hall–Kier alpha value is -1.13. The van der Waals surface area contributed by atoms with E-state index in [0.29, 0.717) is 0 Å². The van der Waals surface area contributed by atoms with Crippen molar-refractivity contribution in [3.63, 3.8) is 0 Å². The number of ether oxygens (including phenoxy) is 1. The lowest BCUT2D eigenvalue weighted by Gasteiger charge is -2.23. The van der Waals surface area contributed by atoms with E-state index in [1.807, 2.05) is 0 Å². The van der Waals surface area contributed by atoms with Gasteiger partial charge in [0.1, 0.15) is 6.61 Å². The minimum absolute atomic E-state index is 0.0517. The number of hydrogen-bond donors (Lipinski definition) is 2. The number of halogens is 1. The minimum Gasteiger partial charge on any atom is -0.473 e. The summed E-state index contributed by atoms with van der Waals surface area (Å²) in [6, 6.07) is 0. The van der Waals surface area contributed by atoms with Crippen LogP contribution in [0.5, 0.6) is 0 Å². The van der Waals surface area contributed by atoms with Crippen molar-refractivity contribution < 1.29 is 9.13 Å². The number of nitrogens with zero attached hydrogens (tertiary/aromatic N) is 1. The van der Waals surface area contributed by atoms with Crippen molar-refractivity contribution in [2.45, 2.75) is 12.6 Å². The molecule has 0 fully saturated rings. The first-order valence-electron chi connectivity index (χ1n) is 3.70. The monoisotopic (exact) mass is 175 g/mol. The molecule has 0 radical (unpaired) electrons. The zero-order valence-electron chi connectivity index (χ0n) is 7.30. The molecule has 0 amide bonds. The molecule has 1 aliphatic rings. The molecule has 1 heterocycles. The molecule has 0 bridgehead atoms. The third-order valence-electron chi connectivity index (χ3n) is 1.76. The van der Waals surface area contributed by atoms with Crippen LogP contribution in [0.2, 0.25) is 0 Å². The fourth-order valence-electron chi connectivity index (χ4n) is 1.12. The van der Waals surface area contributed by atoms with Crippen LogP contribution in [0.3, 0.4) is 0 Å². The Kier molecular flexibility index (Phi) is 2.04. The minimum atomic E-state index is -1.40. The molecule has 0 saturated carbocycles. The van der Waals surface area contributed by atoms with Crippen molar-refractivity contribution in [2.24, 2.45) is 11.5 Å². The zero-order valence-corrected chi connectivity index (χ0v) is 7.30. The molecule has 0 spiro atoms. The third-order valence-corrected chi connectivity index (χ3v) is 1.76. The van der Waals surface area contributed by atoms with Crippen LogP contribution in [0.1, 0.15) is 6.92 Å². The Labute approximate surface area is 71.0 Å². The lowest BCUT2D eigenvalue weighted by molar-refractivity contribution is 0.0603. The van der Waals surface area contributed by atoms with E-state index in [1.165, 1.54) is 6.92 Å². The average Bonchev–Trinajstić information content (AvgIpc) is 2.03. The van der Waals surface area contributed by atoms with Gasteiger partial charge in [-0.25, -0.2) is 4.39 Å². The second-order valence-electron chi connectivity index (χ2n) is 3.31. The Morgan fingerprint density at radius 2 is 2.17 bits per heavy atom. The predicted molar refractivity (Wildman–Crippen MR) is 43.5 cm³/mol. The zero-order chi connectivity index (χ0) is 9.35. The van der Waals surface area contributed by atoms with E-state index < -0.39 is 5.67 Å². The van der Waals surface area contributed by atoms with Gasteiger partial charge in [0.15, 0.2) is 11.5 Å². The summed E-state index contributed by atoms with van der Waals surface area (Å²) in [6.07, 6.45) is 0. The van der Waals surface area contributed by atoms with Crippen LogP contribution in [-0.2, 0) is 4.74 Å². The summed E-state index contributed by atoms with van der Waals surface area (Å²) in [5, 5.41) is 0. The van der Waals surface area contributed by atoms with Gasteiger partial charge in [-0.3, -0.25) is 0 Å². The molecule has 0 aromatic carbocycles. The summed E-state index contributed by atoms with van der Waals surface area (Å²) in [5.41, 5.74) is 9.54. The molecule has 1 aliphatic heterocycles. The largest absolute Gasteiger partial charge is 0.473 e. The van der Waals surface area contributed by atoms with Crippen molar-refractivity contribution in [2.75, 3.05) is 20.2 Å². The smallest absolute Gasteiger partial charge is 0.225 e. The van der Waals surface area contributed by atoms with Crippen LogP contribution < -0.4 is 11.5 Å². The number of rotatable bonds is 0. The third kappa shape index (κ3) is 1.72. The Morgan fingerprint density at radius 3 is 2.75 bits per heavy atom. The van der Waals surface area contributed by atoms with E-state index >= 15 is 0 Å². The van der Waals surface area contributed by atoms with Crippen molar-refractivity contribution in [3.05, 3.63) is 11.7 Å². The van der Waals surface area contributed by atoms with Crippen molar-refractivity contribution >= 4 is 0 Å². The van der Waals surface area contributed by atoms with Crippen LogP contribution in [0.4, 0.5) is 4.39 Å². The molecular formula is C7H14FN3O. The molecule has 0 saturated heterocycles. The number of alkyl halides is 1. The fourth-order valence-corrected chi connectivity index (χ4v) is 1.12. The number of nitrogens with two attached hydrogens (primary N) is 2. The first-order valence-corrected chi connectivity index (χ1v) is 3.70. The molecule has 4 N–H and O–H groups in total. The summed E-state index contributed by atoms with van der Waals surface area (Å²) in [6.45, 7) is 1.60. The first-order chi connectivity index (χ1) is 5.42. The van der Waals surface area contributed by atoms with E-state index in [4.69, 9.17) is 16.2 Å². The number of hydrogen-bond acceptors (Lipinski definition) is 4. The second-order valence-corrected chi connectivity index (χ2v) is 3.31. The molecule has 12 heavy (non-hydrogen) atoms. The normalized spacial score (nSPS) is 31.4. The molecule has 0 aromatic heterocycles. The van der Waals surface area contributed by atoms with Gasteiger partial charge >= 0.3 is 0 Å². The summed E-state index contributed by atoms with van der Waals surface area (Å²) < 4.78 is 18.3. The van der Waals surface area contributed by atoms with Gasteiger partial charge in [0, 0.05) is 7.05 Å². The molecule has 5 heteroatoms. The summed E-state index contributed by atoms with van der Waals surface area (Å²) >= 11 is 0. The lowest BCUT2D eigenvalue weighted by atomic mass is 10.1. The predicted octanol–water partition coefficient (Wildman–Crippen LogP) is -0.279. The van der Waals surface area contributed by atoms with E-state index in [9.17, 15) is 4.39 Å². The van der Waals surface area contributed by atoms with Crippen LogP contribution >= 0.6 is 0 Å². The lowest BCUT2D eigenvalue weighted by Crippen LogP contribution is -2.37. The van der Waals surface area contributed by atoms with Gasteiger partial charge in [-0.05, 0) is 6.92 Å². The Balaban J connectivity index is 2.80. The first kappa shape index (κ1) is 8.96. The average molecular weight is 175 g/mol. The highest BCUT2D eigenvalue weighted by Crippen LogP contribution is 2.18. The molecule has 1 rings (SSSR count). The van der Waals surface area contributed by atoms with Gasteiger partial charge < -0.3 is 21.1 Å². The van der Waals surface area contributed by atoms with Crippen LogP contribution in [-0.4, -0.2) is 30.8 Å². The highest BCUT2D eigenvalue weighted by atomic mass is 19.1. The van der Waals surface area contributed by atoms with Gasteiger partial charge in [0.2, 0.25) is 5.88 Å². The van der Waals surface area contributed by atoms with Crippen LogP contribution in [0.25, 0.3) is 0 Å². The molecular weight excluding hydrogens is 161 g/mol. The summed E-state index contributed by atoms with van der Waals surface area (Å²) in [7, 11) is 1.68. The highest BCUT2D eigenvalue weighted by Gasteiger charge is 2.30. The molecule has 1 unspecified atom stereocenters. The van der Waals surface area contributed by atoms with Crippen LogP contribution in [0, 0.1) is 0 Å². The fraction of sp³-hybridized carbons (Fsp3) is 0.714. The maximum atomic E-state index is 13.4. The summed E-state index contributed by atoms with van der Waals surface area (Å²) in [4.78, 5) is 1.54. The highest BCUT2D eigenvalue weighted by molar-refractivity contribution is 5.03. The van der Waals surface area contributed by atoms with Gasteiger partial charge in [0.25, 0.3) is 0 Å². The van der Waals surface area contributed by atoms with Crippen molar-refractivity contribution in [1.29, 1.82) is 0 Å². The van der Waals surface area contributed by atoms with E-state index in [-0.39, 0.29) is 24.9 Å². The quantitative estimate of drug-likeness (QED) is 0.531. The van der Waals surface area contributed by atoms with Gasteiger partial charge in [-0.1, -0.05) is 0 Å². The van der Waals surface area contributed by atoms with Crippen LogP contribution in [0.15, 0.2) is 11.7 Å². The van der Waals surface area contributed by atoms with Gasteiger partial charge in [0.05, 0.1) is 6.54 Å². The molecule has 0 aromatic rings. The standard InChI is InChI=1S/C7H14FN3O/c1-7(8)3-11(2)5(9)6(10)12-4-7/h3-4,9-10H2,1-2H3. The maximum absolute atomic E-state index is 13.4. The molecule has 70 valence electrons. The second kappa shape index (κ2) is 2.73. The molecule has 1 atom stereocenters. The SMILES string of the molecule is CN1CC(C)(F)COC(N)=C1N. The van der Waals surface area contributed by atoms with E-state index in [1.54, 1.807) is 11.9 Å². The maximum Gasteiger partial charge on any atom is 0.225 e. The van der Waals surface area contributed by atoms with E-state index in [2.05, 4.69) is 0 Å².